The van der Waals surface area contributed by atoms with Crippen molar-refractivity contribution in [2.24, 2.45) is 0 Å². The maximum atomic E-state index is 0. The Morgan fingerprint density at radius 2 is 0.800 bits per heavy atom. The zero-order chi connectivity index (χ0) is 0. The molecular weight excluding hydrogens is 221 g/mol. The molecule has 0 saturated heterocycles. The first-order valence-corrected chi connectivity index (χ1v) is 0. The maximum absolute atomic E-state index is 0. The molecule has 0 aliphatic rings. The molecule has 5 heteroatoms. The molecule has 0 N–H and O–H groups in total. The van der Waals surface area contributed by atoms with Crippen molar-refractivity contribution in [1.82, 2.24) is 0 Å². The number of hydrogen-bond donors (Lipinski definition) is 0. The third-order valence-electron chi connectivity index (χ3n) is 0. The minimum absolute atomic E-state index is 0. The van der Waals surface area contributed by atoms with Crippen LogP contribution in [0, 0.1) is 0 Å². The smallest absolute Gasteiger partial charge is 2.00 e. The summed E-state index contributed by atoms with van der Waals surface area (Å²) in [5, 5.41) is 0. The quantitative estimate of drug-likeness (QED) is 0.506. The Hall–Kier alpha value is 1.78. The van der Waals surface area contributed by atoms with Crippen molar-refractivity contribution in [3.05, 3.63) is 0 Å². The molecule has 0 aliphatic heterocycles. The van der Waals surface area contributed by atoms with E-state index in [0.29, 0.717) is 0 Å². The van der Waals surface area contributed by atoms with Crippen LogP contribution in [0.2, 0.25) is 0 Å². The molecule has 0 spiro atoms. The van der Waals surface area contributed by atoms with Crippen LogP contribution < -0.4 is 0 Å². The molecule has 0 aromatic heterocycles. The average molecular weight is 221 g/mol. The van der Waals surface area contributed by atoms with Crippen LogP contribution in [0.4, 0.5) is 0 Å². The maximum Gasteiger partial charge on any atom is 4.00 e. The molecule has 0 atom stereocenters. The third-order valence-corrected chi connectivity index (χ3v) is 0. The van der Waals surface area contributed by atoms with Gasteiger partial charge in [0.25, 0.3) is 0 Å². The molecule has 0 radical (unpaired) electrons. The molecule has 5 heavy (non-hydrogen) atoms. The SMILES string of the molecule is [O-2].[O-2].[S-2].[Zn+2].[Zr+4]. The molecule has 0 unspecified atom stereocenters. The molecule has 0 aliphatic carbocycles. The minimum Gasteiger partial charge on any atom is -2.00 e. The summed E-state index contributed by atoms with van der Waals surface area (Å²) in [4.78, 5) is 0. The van der Waals surface area contributed by atoms with Gasteiger partial charge in [0.05, 0.1) is 0 Å². The van der Waals surface area contributed by atoms with Crippen LogP contribution in [0.5, 0.6) is 0 Å². The van der Waals surface area contributed by atoms with Crippen LogP contribution in [-0.2, 0) is 70.1 Å². The summed E-state index contributed by atoms with van der Waals surface area (Å²) in [5.41, 5.74) is 0. The summed E-state index contributed by atoms with van der Waals surface area (Å²) in [6.07, 6.45) is 0. The van der Waals surface area contributed by atoms with Crippen molar-refractivity contribution in [2.75, 3.05) is 0 Å². The summed E-state index contributed by atoms with van der Waals surface area (Å²) in [6, 6.07) is 0. The number of hydrogen-bond acceptors (Lipinski definition) is 0. The summed E-state index contributed by atoms with van der Waals surface area (Å²) in [5.74, 6) is 0. The van der Waals surface area contributed by atoms with E-state index in [4.69, 9.17) is 0 Å². The summed E-state index contributed by atoms with van der Waals surface area (Å²) < 4.78 is 0. The van der Waals surface area contributed by atoms with E-state index in [9.17, 15) is 0 Å². The van der Waals surface area contributed by atoms with Gasteiger partial charge in [-0.1, -0.05) is 0 Å². The topological polar surface area (TPSA) is 57.0 Å². The molecule has 0 bridgehead atoms. The van der Waals surface area contributed by atoms with Crippen LogP contribution >= 0.6 is 0 Å². The summed E-state index contributed by atoms with van der Waals surface area (Å²) >= 11 is 0. The standard InChI is InChI=1S/2O.S.Zn.Zr/q3*-2;+2;+4. The van der Waals surface area contributed by atoms with Gasteiger partial charge in [0, 0.05) is 0 Å². The normalized spacial score (nSPS) is 0. The Balaban J connectivity index is 0. The van der Waals surface area contributed by atoms with E-state index in [0.717, 1.165) is 0 Å². The first kappa shape index (κ1) is 71.6. The molecule has 0 aromatic carbocycles. The number of rotatable bonds is 0. The predicted molar refractivity (Wildman–Crippen MR) is 8.74 cm³/mol. The molecule has 0 rings (SSSR count). The predicted octanol–water partition coefficient (Wildman–Crippen LogP) is -0.245. The van der Waals surface area contributed by atoms with Gasteiger partial charge in [-0.05, 0) is 0 Å². The van der Waals surface area contributed by atoms with Crippen LogP contribution in [-0.4, -0.2) is 0 Å². The van der Waals surface area contributed by atoms with Crippen molar-refractivity contribution < 1.29 is 56.6 Å². The Morgan fingerprint density at radius 1 is 0.800 bits per heavy atom. The molecule has 2 nitrogen and oxygen atoms in total. The van der Waals surface area contributed by atoms with Gasteiger partial charge >= 0.3 is 45.7 Å². The first-order chi connectivity index (χ1) is 0. The van der Waals surface area contributed by atoms with Gasteiger partial charge in [-0.15, -0.1) is 0 Å². The molecule has 24 valence electrons. The second-order valence-corrected chi connectivity index (χ2v) is 0. The largest absolute Gasteiger partial charge is 4.00 e. The Bertz CT molecular complexity index is 9.61. The van der Waals surface area contributed by atoms with E-state index >= 15 is 0 Å². The Labute approximate surface area is 69.7 Å². The van der Waals surface area contributed by atoms with Crippen molar-refractivity contribution >= 4 is 13.5 Å². The Morgan fingerprint density at radius 3 is 0.800 bits per heavy atom. The first-order valence-electron chi connectivity index (χ1n) is 0. The van der Waals surface area contributed by atoms with Crippen molar-refractivity contribution in [3.63, 3.8) is 0 Å². The second-order valence-electron chi connectivity index (χ2n) is 0. The van der Waals surface area contributed by atoms with E-state index < -0.39 is 0 Å². The van der Waals surface area contributed by atoms with E-state index in [-0.39, 0.29) is 70.1 Å². The van der Waals surface area contributed by atoms with Crippen molar-refractivity contribution in [2.45, 2.75) is 0 Å². The van der Waals surface area contributed by atoms with Crippen molar-refractivity contribution in [3.8, 4) is 0 Å². The molecule has 0 aromatic rings. The van der Waals surface area contributed by atoms with Gasteiger partial charge in [-0.2, -0.15) is 0 Å². The fraction of sp³-hybridized carbons (Fsp3) is 0. The van der Waals surface area contributed by atoms with Crippen LogP contribution in [0.25, 0.3) is 0 Å². The van der Waals surface area contributed by atoms with E-state index in [1.165, 1.54) is 0 Å². The van der Waals surface area contributed by atoms with E-state index in [2.05, 4.69) is 0 Å². The zero-order valence-electron chi connectivity index (χ0n) is 2.43. The summed E-state index contributed by atoms with van der Waals surface area (Å²) in [7, 11) is 0. The Kier molecular flexibility index (Phi) is 598. The zero-order valence-corrected chi connectivity index (χ0v) is 8.67. The van der Waals surface area contributed by atoms with E-state index in [1.807, 2.05) is 0 Å². The van der Waals surface area contributed by atoms with E-state index in [1.54, 1.807) is 0 Å². The van der Waals surface area contributed by atoms with Crippen LogP contribution in [0.1, 0.15) is 0 Å². The molecule has 0 heterocycles. The van der Waals surface area contributed by atoms with Crippen molar-refractivity contribution in [1.29, 1.82) is 0 Å². The third kappa shape index (κ3) is 26.1. The molecule has 0 fully saturated rings. The molecule has 0 saturated carbocycles. The van der Waals surface area contributed by atoms with Gasteiger partial charge < -0.3 is 24.4 Å². The minimum atomic E-state index is 0. The van der Waals surface area contributed by atoms with Gasteiger partial charge in [0.2, 0.25) is 0 Å². The fourth-order valence-electron chi connectivity index (χ4n) is 0. The van der Waals surface area contributed by atoms with Crippen LogP contribution in [0.15, 0.2) is 0 Å². The van der Waals surface area contributed by atoms with Gasteiger partial charge in [0.1, 0.15) is 0 Å². The summed E-state index contributed by atoms with van der Waals surface area (Å²) in [6.45, 7) is 0. The van der Waals surface area contributed by atoms with Gasteiger partial charge in [-0.3, -0.25) is 0 Å². The fourth-order valence-corrected chi connectivity index (χ4v) is 0. The van der Waals surface area contributed by atoms with Gasteiger partial charge in [-0.25, -0.2) is 0 Å². The second kappa shape index (κ2) is 41.8. The van der Waals surface area contributed by atoms with Gasteiger partial charge in [0.15, 0.2) is 0 Å². The average Bonchev–Trinajstić information content (AvgIpc) is 0. The molecular formula is O2SZnZr. The van der Waals surface area contributed by atoms with Crippen LogP contribution in [0.3, 0.4) is 0 Å². The molecule has 0 amide bonds. The monoisotopic (exact) mass is 218 g/mol.